The summed E-state index contributed by atoms with van der Waals surface area (Å²) in [5.74, 6) is -0.310. The standard InChI is InChI=1S/C23H19NO2/c1-2-26-23(25)22-21(18-13-7-4-8-14-18)20(17-11-5-3-6-12-17)19-15-9-10-16-24(19)22/h3-16H,2H2,1H3. The number of carbonyl (C=O) groups is 1. The van der Waals surface area contributed by atoms with Gasteiger partial charge >= 0.3 is 5.97 Å². The molecule has 128 valence electrons. The molecule has 0 radical (unpaired) electrons. The highest BCUT2D eigenvalue weighted by atomic mass is 16.5. The fourth-order valence-corrected chi connectivity index (χ4v) is 3.39. The molecule has 4 rings (SSSR count). The van der Waals surface area contributed by atoms with Gasteiger partial charge in [-0.1, -0.05) is 66.7 Å². The van der Waals surface area contributed by atoms with Gasteiger partial charge in [0.05, 0.1) is 12.1 Å². The Balaban J connectivity index is 2.13. The Kier molecular flexibility index (Phi) is 4.28. The van der Waals surface area contributed by atoms with E-state index in [1.54, 1.807) is 0 Å². The maximum absolute atomic E-state index is 12.9. The van der Waals surface area contributed by atoms with Crippen molar-refractivity contribution < 1.29 is 9.53 Å². The summed E-state index contributed by atoms with van der Waals surface area (Å²) in [4.78, 5) is 12.9. The highest BCUT2D eigenvalue weighted by molar-refractivity contribution is 6.07. The van der Waals surface area contributed by atoms with E-state index in [2.05, 4.69) is 12.1 Å². The molecule has 0 aliphatic heterocycles. The van der Waals surface area contributed by atoms with Crippen molar-refractivity contribution in [2.24, 2.45) is 0 Å². The van der Waals surface area contributed by atoms with Crippen LogP contribution in [0.3, 0.4) is 0 Å². The van der Waals surface area contributed by atoms with Gasteiger partial charge in [0.25, 0.3) is 0 Å². The minimum atomic E-state index is -0.310. The molecule has 2 aromatic carbocycles. The number of hydrogen-bond donors (Lipinski definition) is 0. The molecule has 0 fully saturated rings. The first kappa shape index (κ1) is 16.2. The Labute approximate surface area is 152 Å². The van der Waals surface area contributed by atoms with Crippen molar-refractivity contribution in [1.29, 1.82) is 0 Å². The maximum Gasteiger partial charge on any atom is 0.355 e. The number of esters is 1. The Morgan fingerprint density at radius 3 is 2.00 bits per heavy atom. The van der Waals surface area contributed by atoms with Crippen LogP contribution < -0.4 is 0 Å². The summed E-state index contributed by atoms with van der Waals surface area (Å²) in [6.45, 7) is 2.17. The lowest BCUT2D eigenvalue weighted by atomic mass is 9.95. The summed E-state index contributed by atoms with van der Waals surface area (Å²) in [7, 11) is 0. The van der Waals surface area contributed by atoms with E-state index in [0.29, 0.717) is 12.3 Å². The molecule has 0 saturated carbocycles. The van der Waals surface area contributed by atoms with Gasteiger partial charge in [-0.2, -0.15) is 0 Å². The van der Waals surface area contributed by atoms with Crippen LogP contribution in [0.2, 0.25) is 0 Å². The zero-order valence-corrected chi connectivity index (χ0v) is 14.6. The Hall–Kier alpha value is -3.33. The first-order chi connectivity index (χ1) is 12.8. The molecule has 0 aliphatic carbocycles. The first-order valence-electron chi connectivity index (χ1n) is 8.72. The molecule has 0 atom stereocenters. The van der Waals surface area contributed by atoms with E-state index in [9.17, 15) is 4.79 Å². The summed E-state index contributed by atoms with van der Waals surface area (Å²) in [5.41, 5.74) is 5.57. The lowest BCUT2D eigenvalue weighted by Gasteiger charge is -2.08. The second-order valence-corrected chi connectivity index (χ2v) is 6.01. The van der Waals surface area contributed by atoms with E-state index in [1.807, 2.05) is 84.3 Å². The number of pyridine rings is 1. The molecular formula is C23H19NO2. The molecule has 0 amide bonds. The fourth-order valence-electron chi connectivity index (χ4n) is 3.39. The highest BCUT2D eigenvalue weighted by Crippen LogP contribution is 2.40. The third-order valence-electron chi connectivity index (χ3n) is 4.44. The van der Waals surface area contributed by atoms with Crippen LogP contribution in [-0.4, -0.2) is 17.0 Å². The van der Waals surface area contributed by atoms with E-state index >= 15 is 0 Å². The van der Waals surface area contributed by atoms with Gasteiger partial charge < -0.3 is 9.14 Å². The van der Waals surface area contributed by atoms with E-state index in [1.165, 1.54) is 0 Å². The summed E-state index contributed by atoms with van der Waals surface area (Å²) in [5, 5.41) is 0. The van der Waals surface area contributed by atoms with Gasteiger partial charge in [-0.05, 0) is 30.2 Å². The quantitative estimate of drug-likeness (QED) is 0.462. The van der Waals surface area contributed by atoms with Gasteiger partial charge in [0, 0.05) is 17.3 Å². The predicted octanol–water partition coefficient (Wildman–Crippen LogP) is 5.45. The van der Waals surface area contributed by atoms with Crippen molar-refractivity contribution in [3.05, 3.63) is 90.8 Å². The number of ether oxygens (including phenoxy) is 1. The molecule has 26 heavy (non-hydrogen) atoms. The first-order valence-corrected chi connectivity index (χ1v) is 8.72. The molecule has 3 nitrogen and oxygen atoms in total. The smallest absolute Gasteiger partial charge is 0.355 e. The van der Waals surface area contributed by atoms with E-state index in [0.717, 1.165) is 27.8 Å². The van der Waals surface area contributed by atoms with Crippen molar-refractivity contribution in [1.82, 2.24) is 4.40 Å². The minimum Gasteiger partial charge on any atom is -0.461 e. The third kappa shape index (κ3) is 2.68. The Morgan fingerprint density at radius 2 is 1.38 bits per heavy atom. The van der Waals surface area contributed by atoms with Gasteiger partial charge in [0.15, 0.2) is 0 Å². The summed E-state index contributed by atoms with van der Waals surface area (Å²) in [6, 6.07) is 26.1. The molecule has 0 N–H and O–H groups in total. The van der Waals surface area contributed by atoms with E-state index in [4.69, 9.17) is 4.74 Å². The van der Waals surface area contributed by atoms with Crippen LogP contribution in [0.15, 0.2) is 85.1 Å². The van der Waals surface area contributed by atoms with Crippen molar-refractivity contribution in [3.8, 4) is 22.3 Å². The highest BCUT2D eigenvalue weighted by Gasteiger charge is 2.25. The average molecular weight is 341 g/mol. The van der Waals surface area contributed by atoms with Crippen LogP contribution in [0.5, 0.6) is 0 Å². The summed E-state index contributed by atoms with van der Waals surface area (Å²) < 4.78 is 7.32. The molecule has 0 spiro atoms. The Bertz CT molecular complexity index is 1050. The van der Waals surface area contributed by atoms with Crippen molar-refractivity contribution in [3.63, 3.8) is 0 Å². The molecule has 2 heterocycles. The van der Waals surface area contributed by atoms with Crippen molar-refractivity contribution in [2.75, 3.05) is 6.61 Å². The predicted molar refractivity (Wildman–Crippen MR) is 104 cm³/mol. The zero-order chi connectivity index (χ0) is 17.9. The number of fused-ring (bicyclic) bond motifs is 1. The lowest BCUT2D eigenvalue weighted by Crippen LogP contribution is -2.09. The molecule has 0 aliphatic rings. The second-order valence-electron chi connectivity index (χ2n) is 6.01. The SMILES string of the molecule is CCOC(=O)c1c(-c2ccccc2)c(-c2ccccc2)c2ccccn12. The van der Waals surface area contributed by atoms with Gasteiger partial charge in [0.1, 0.15) is 5.69 Å². The summed E-state index contributed by atoms with van der Waals surface area (Å²) >= 11 is 0. The molecule has 0 bridgehead atoms. The van der Waals surface area contributed by atoms with E-state index in [-0.39, 0.29) is 5.97 Å². The average Bonchev–Trinajstić information content (AvgIpc) is 3.05. The Morgan fingerprint density at radius 1 is 0.808 bits per heavy atom. The number of benzene rings is 2. The van der Waals surface area contributed by atoms with Gasteiger partial charge in [0.2, 0.25) is 0 Å². The number of carbonyl (C=O) groups excluding carboxylic acids is 1. The van der Waals surface area contributed by atoms with Crippen LogP contribution >= 0.6 is 0 Å². The van der Waals surface area contributed by atoms with Crippen LogP contribution in [0, 0.1) is 0 Å². The van der Waals surface area contributed by atoms with Gasteiger partial charge in [-0.15, -0.1) is 0 Å². The molecule has 3 heteroatoms. The third-order valence-corrected chi connectivity index (χ3v) is 4.44. The minimum absolute atomic E-state index is 0.310. The van der Waals surface area contributed by atoms with Crippen LogP contribution in [0.4, 0.5) is 0 Å². The molecule has 0 saturated heterocycles. The summed E-state index contributed by atoms with van der Waals surface area (Å²) in [6.07, 6.45) is 1.92. The molecule has 0 unspecified atom stereocenters. The van der Waals surface area contributed by atoms with Crippen molar-refractivity contribution in [2.45, 2.75) is 6.92 Å². The largest absolute Gasteiger partial charge is 0.461 e. The van der Waals surface area contributed by atoms with Crippen molar-refractivity contribution >= 4 is 11.5 Å². The number of aromatic nitrogens is 1. The fraction of sp³-hybridized carbons (Fsp3) is 0.0870. The number of hydrogen-bond acceptors (Lipinski definition) is 2. The molecular weight excluding hydrogens is 322 g/mol. The van der Waals surface area contributed by atoms with Crippen LogP contribution in [0.25, 0.3) is 27.8 Å². The number of nitrogens with zero attached hydrogens (tertiary/aromatic N) is 1. The molecule has 2 aromatic heterocycles. The zero-order valence-electron chi connectivity index (χ0n) is 14.6. The normalized spacial score (nSPS) is 10.8. The van der Waals surface area contributed by atoms with Crippen LogP contribution in [0.1, 0.15) is 17.4 Å². The molecule has 4 aromatic rings. The van der Waals surface area contributed by atoms with Gasteiger partial charge in [-0.25, -0.2) is 4.79 Å². The second kappa shape index (κ2) is 6.89. The topological polar surface area (TPSA) is 30.7 Å². The van der Waals surface area contributed by atoms with Gasteiger partial charge in [-0.3, -0.25) is 0 Å². The number of rotatable bonds is 4. The lowest BCUT2D eigenvalue weighted by molar-refractivity contribution is 0.0519. The van der Waals surface area contributed by atoms with E-state index < -0.39 is 0 Å². The monoisotopic (exact) mass is 341 g/mol. The maximum atomic E-state index is 12.9. The van der Waals surface area contributed by atoms with Crippen LogP contribution in [-0.2, 0) is 4.74 Å².